The highest BCUT2D eigenvalue weighted by Gasteiger charge is 2.15. The summed E-state index contributed by atoms with van der Waals surface area (Å²) in [4.78, 5) is 19.9. The fraction of sp³-hybridized carbons (Fsp3) is 0.211. The van der Waals surface area contributed by atoms with Gasteiger partial charge >= 0.3 is 5.97 Å². The smallest absolute Gasteiger partial charge is 0.337 e. The van der Waals surface area contributed by atoms with Crippen molar-refractivity contribution >= 4 is 17.6 Å². The summed E-state index contributed by atoms with van der Waals surface area (Å²) in [6, 6.07) is 4.99. The van der Waals surface area contributed by atoms with Gasteiger partial charge in [-0.05, 0) is 13.0 Å². The third-order valence-corrected chi connectivity index (χ3v) is 4.05. The summed E-state index contributed by atoms with van der Waals surface area (Å²) in [5.41, 5.74) is 1.61. The Morgan fingerprint density at radius 2 is 1.82 bits per heavy atom. The van der Waals surface area contributed by atoms with Gasteiger partial charge in [0.15, 0.2) is 11.5 Å². The summed E-state index contributed by atoms with van der Waals surface area (Å²) >= 11 is 0. The van der Waals surface area contributed by atoms with Crippen molar-refractivity contribution in [3.8, 4) is 23.1 Å². The Balaban J connectivity index is 1.96. The van der Waals surface area contributed by atoms with Gasteiger partial charge in [-0.25, -0.2) is 9.78 Å². The van der Waals surface area contributed by atoms with Crippen LogP contribution in [0.4, 0.5) is 11.6 Å². The van der Waals surface area contributed by atoms with Crippen LogP contribution in [0.1, 0.15) is 15.9 Å². The van der Waals surface area contributed by atoms with Crippen LogP contribution in [-0.4, -0.2) is 46.9 Å². The summed E-state index contributed by atoms with van der Waals surface area (Å²) in [7, 11) is 4.60. The van der Waals surface area contributed by atoms with Gasteiger partial charge in [-0.2, -0.15) is 4.98 Å². The van der Waals surface area contributed by atoms with Crippen LogP contribution < -0.4 is 19.5 Å². The minimum atomic E-state index is -0.999. The van der Waals surface area contributed by atoms with Crippen molar-refractivity contribution in [2.75, 3.05) is 26.6 Å². The van der Waals surface area contributed by atoms with Gasteiger partial charge in [0.05, 0.1) is 26.9 Å². The van der Waals surface area contributed by atoms with E-state index in [9.17, 15) is 4.79 Å². The fourth-order valence-electron chi connectivity index (χ4n) is 2.69. The molecule has 0 saturated heterocycles. The van der Waals surface area contributed by atoms with Crippen LogP contribution in [0, 0.1) is 6.92 Å². The fourth-order valence-corrected chi connectivity index (χ4v) is 2.69. The maximum Gasteiger partial charge on any atom is 0.337 e. The molecule has 0 saturated carbocycles. The standard InChI is InChI=1S/C19H20N4O5/c1-11-9-20-19(22-17(11)23-6-5-12(10-23)18(24)25)21-13-7-14(26-2)16(28-4)15(8-13)27-3/h5-10H,1-4H3,(H,24,25)(H,20,21,22). The van der Waals surface area contributed by atoms with Crippen LogP contribution in [-0.2, 0) is 0 Å². The van der Waals surface area contributed by atoms with Gasteiger partial charge in [-0.15, -0.1) is 0 Å². The van der Waals surface area contributed by atoms with E-state index >= 15 is 0 Å². The molecule has 2 aromatic heterocycles. The number of benzene rings is 1. The number of aryl methyl sites for hydroxylation is 1. The number of anilines is 2. The first-order valence-electron chi connectivity index (χ1n) is 8.29. The van der Waals surface area contributed by atoms with Gasteiger partial charge in [0.25, 0.3) is 0 Å². The van der Waals surface area contributed by atoms with Gasteiger partial charge < -0.3 is 29.2 Å². The Morgan fingerprint density at radius 3 is 2.36 bits per heavy atom. The highest BCUT2D eigenvalue weighted by molar-refractivity contribution is 5.87. The van der Waals surface area contributed by atoms with E-state index in [0.29, 0.717) is 34.7 Å². The molecule has 0 spiro atoms. The molecule has 0 unspecified atom stereocenters. The third kappa shape index (κ3) is 3.68. The molecule has 146 valence electrons. The second-order valence-electron chi connectivity index (χ2n) is 5.85. The minimum absolute atomic E-state index is 0.178. The zero-order chi connectivity index (χ0) is 20.3. The topological polar surface area (TPSA) is 108 Å². The molecular weight excluding hydrogens is 364 g/mol. The second kappa shape index (κ2) is 7.87. The van der Waals surface area contributed by atoms with E-state index in [2.05, 4.69) is 15.3 Å². The van der Waals surface area contributed by atoms with Crippen LogP contribution in [0.3, 0.4) is 0 Å². The number of methoxy groups -OCH3 is 3. The molecule has 28 heavy (non-hydrogen) atoms. The van der Waals surface area contributed by atoms with Crippen LogP contribution in [0.5, 0.6) is 17.2 Å². The van der Waals surface area contributed by atoms with Crippen molar-refractivity contribution in [2.24, 2.45) is 0 Å². The van der Waals surface area contributed by atoms with Crippen LogP contribution in [0.15, 0.2) is 36.8 Å². The Hall–Kier alpha value is -3.75. The number of ether oxygens (including phenoxy) is 3. The highest BCUT2D eigenvalue weighted by atomic mass is 16.5. The molecule has 2 N–H and O–H groups in total. The number of rotatable bonds is 7. The molecule has 0 amide bonds. The van der Waals surface area contributed by atoms with Crippen molar-refractivity contribution in [3.05, 3.63) is 47.9 Å². The summed E-state index contributed by atoms with van der Waals surface area (Å²) in [5, 5.41) is 12.2. The molecule has 9 heteroatoms. The Labute approximate surface area is 161 Å². The van der Waals surface area contributed by atoms with Crippen LogP contribution >= 0.6 is 0 Å². The molecule has 0 aliphatic rings. The molecule has 0 radical (unpaired) electrons. The lowest BCUT2D eigenvalue weighted by Crippen LogP contribution is -2.05. The molecule has 9 nitrogen and oxygen atoms in total. The van der Waals surface area contributed by atoms with Crippen molar-refractivity contribution < 1.29 is 24.1 Å². The van der Waals surface area contributed by atoms with Gasteiger partial charge in [0, 0.05) is 42.0 Å². The van der Waals surface area contributed by atoms with Gasteiger partial charge in [0.2, 0.25) is 11.7 Å². The molecule has 3 aromatic rings. The number of hydrogen-bond donors (Lipinski definition) is 2. The van der Waals surface area contributed by atoms with Gasteiger partial charge in [-0.1, -0.05) is 0 Å². The number of carbonyl (C=O) groups is 1. The number of hydrogen-bond acceptors (Lipinski definition) is 7. The quantitative estimate of drug-likeness (QED) is 0.640. The number of nitrogens with zero attached hydrogens (tertiary/aromatic N) is 3. The van der Waals surface area contributed by atoms with E-state index in [1.807, 2.05) is 6.92 Å². The number of carboxylic acids is 1. The molecule has 0 bridgehead atoms. The number of aromatic nitrogens is 3. The lowest BCUT2D eigenvalue weighted by atomic mass is 10.2. The van der Waals surface area contributed by atoms with Crippen LogP contribution in [0.25, 0.3) is 5.82 Å². The van der Waals surface area contributed by atoms with Crippen LogP contribution in [0.2, 0.25) is 0 Å². The predicted molar refractivity (Wildman–Crippen MR) is 102 cm³/mol. The number of aromatic carboxylic acids is 1. The second-order valence-corrected chi connectivity index (χ2v) is 5.85. The number of nitrogens with one attached hydrogen (secondary N) is 1. The van der Waals surface area contributed by atoms with Gasteiger partial charge in [0.1, 0.15) is 5.82 Å². The molecule has 1 aromatic carbocycles. The Kier molecular flexibility index (Phi) is 5.35. The zero-order valence-corrected chi connectivity index (χ0v) is 15.9. The maximum atomic E-state index is 11.1. The largest absolute Gasteiger partial charge is 0.493 e. The van der Waals surface area contributed by atoms with E-state index in [4.69, 9.17) is 19.3 Å². The van der Waals surface area contributed by atoms with Crippen molar-refractivity contribution in [1.82, 2.24) is 14.5 Å². The van der Waals surface area contributed by atoms with E-state index in [-0.39, 0.29) is 5.56 Å². The molecule has 2 heterocycles. The average molecular weight is 384 g/mol. The highest BCUT2D eigenvalue weighted by Crippen LogP contribution is 2.40. The van der Waals surface area contributed by atoms with Crippen molar-refractivity contribution in [1.29, 1.82) is 0 Å². The molecule has 0 aliphatic heterocycles. The van der Waals surface area contributed by atoms with Crippen molar-refractivity contribution in [3.63, 3.8) is 0 Å². The SMILES string of the molecule is COc1cc(Nc2ncc(C)c(-n3ccc(C(=O)O)c3)n2)cc(OC)c1OC. The summed E-state index contributed by atoms with van der Waals surface area (Å²) in [6.07, 6.45) is 4.80. The normalized spacial score (nSPS) is 10.4. The number of carboxylic acid groups (broad SMARTS) is 1. The first kappa shape index (κ1) is 19.0. The summed E-state index contributed by atoms with van der Waals surface area (Å²) in [5.74, 6) is 1.37. The first-order valence-corrected chi connectivity index (χ1v) is 8.29. The maximum absolute atomic E-state index is 11.1. The van der Waals surface area contributed by atoms with E-state index in [0.717, 1.165) is 5.56 Å². The molecule has 0 aliphatic carbocycles. The van der Waals surface area contributed by atoms with E-state index < -0.39 is 5.97 Å². The Morgan fingerprint density at radius 1 is 1.14 bits per heavy atom. The zero-order valence-electron chi connectivity index (χ0n) is 15.9. The first-order chi connectivity index (χ1) is 13.5. The minimum Gasteiger partial charge on any atom is -0.493 e. The lowest BCUT2D eigenvalue weighted by Gasteiger charge is -2.15. The summed E-state index contributed by atoms with van der Waals surface area (Å²) in [6.45, 7) is 1.85. The Bertz CT molecular complexity index is 990. The lowest BCUT2D eigenvalue weighted by molar-refractivity contribution is 0.0697. The monoisotopic (exact) mass is 384 g/mol. The molecule has 0 fully saturated rings. The van der Waals surface area contributed by atoms with Gasteiger partial charge in [-0.3, -0.25) is 0 Å². The predicted octanol–water partition coefficient (Wildman–Crippen LogP) is 3.04. The molecular formula is C19H20N4O5. The van der Waals surface area contributed by atoms with E-state index in [1.165, 1.54) is 33.6 Å². The van der Waals surface area contributed by atoms with Crippen molar-refractivity contribution in [2.45, 2.75) is 6.92 Å². The molecule has 0 atom stereocenters. The summed E-state index contributed by atoms with van der Waals surface area (Å²) < 4.78 is 17.7. The molecule has 3 rings (SSSR count). The third-order valence-electron chi connectivity index (χ3n) is 4.05. The average Bonchev–Trinajstić information content (AvgIpc) is 3.19. The van der Waals surface area contributed by atoms with E-state index in [1.54, 1.807) is 29.1 Å².